The van der Waals surface area contributed by atoms with Gasteiger partial charge >= 0.3 is 19.4 Å². The van der Waals surface area contributed by atoms with Crippen molar-refractivity contribution < 1.29 is 37.4 Å². The van der Waals surface area contributed by atoms with Crippen molar-refractivity contribution in [1.82, 2.24) is 14.6 Å². The monoisotopic (exact) mass is 513 g/mol. The van der Waals surface area contributed by atoms with Crippen LogP contribution in [0.1, 0.15) is 26.8 Å². The molecule has 2 fully saturated rings. The van der Waals surface area contributed by atoms with Crippen molar-refractivity contribution in [2.75, 3.05) is 6.61 Å². The van der Waals surface area contributed by atoms with Crippen LogP contribution in [0, 0.1) is 5.82 Å². The van der Waals surface area contributed by atoms with Crippen molar-refractivity contribution in [1.29, 1.82) is 0 Å². The predicted octanol–water partition coefficient (Wildman–Crippen LogP) is 0.862. The summed E-state index contributed by atoms with van der Waals surface area (Å²) >= 11 is 0. The number of fused-ring (bicyclic) bond motifs is 1. The number of esters is 1. The maximum atomic E-state index is 13.8. The summed E-state index contributed by atoms with van der Waals surface area (Å²) in [5, 5.41) is 13.7. The number of hydrogen-bond acceptors (Lipinski definition) is 9. The number of para-hydroxylation sites is 1. The zero-order chi connectivity index (χ0) is 25.5. The first-order chi connectivity index (χ1) is 16.4. The highest BCUT2D eigenvalue weighted by atomic mass is 31.2. The number of rotatable bonds is 9. The molecule has 2 heterocycles. The summed E-state index contributed by atoms with van der Waals surface area (Å²) in [6.45, 7) is 4.52. The number of aromatic nitrogens is 2. The van der Waals surface area contributed by atoms with Gasteiger partial charge in [-0.05, 0) is 32.9 Å². The molecule has 0 spiro atoms. The number of hydrogen-bond donors (Lipinski definition) is 3. The third-order valence-corrected chi connectivity index (χ3v) is 7.24. The average Bonchev–Trinajstić information content (AvgIpc) is 3.15. The highest BCUT2D eigenvalue weighted by molar-refractivity contribution is 7.52. The zero-order valence-electron chi connectivity index (χ0n) is 19.0. The second-order valence-corrected chi connectivity index (χ2v) is 10.2. The van der Waals surface area contributed by atoms with E-state index in [-0.39, 0.29) is 12.4 Å². The van der Waals surface area contributed by atoms with E-state index in [4.69, 9.17) is 18.5 Å². The Hall–Kier alpha value is -2.83. The molecule has 35 heavy (non-hydrogen) atoms. The van der Waals surface area contributed by atoms with Crippen LogP contribution in [0.4, 0.5) is 4.39 Å². The normalized spacial score (nSPS) is 27.7. The molecule has 2 aromatic rings. The van der Waals surface area contributed by atoms with Crippen LogP contribution < -0.4 is 20.9 Å². The third kappa shape index (κ3) is 4.95. The first kappa shape index (κ1) is 25.3. The van der Waals surface area contributed by atoms with Crippen molar-refractivity contribution in [2.24, 2.45) is 0 Å². The minimum absolute atomic E-state index is 0.155. The molecule has 190 valence electrons. The first-order valence-electron chi connectivity index (χ1n) is 10.8. The predicted molar refractivity (Wildman–Crippen MR) is 118 cm³/mol. The fraction of sp³-hybridized carbons (Fsp3) is 0.476. The van der Waals surface area contributed by atoms with Gasteiger partial charge < -0.3 is 19.1 Å². The molecule has 6 atom stereocenters. The van der Waals surface area contributed by atoms with Gasteiger partial charge in [-0.3, -0.25) is 23.7 Å². The largest absolute Gasteiger partial charge is 0.462 e. The highest BCUT2D eigenvalue weighted by Crippen LogP contribution is 2.60. The fourth-order valence-electron chi connectivity index (χ4n) is 3.87. The lowest BCUT2D eigenvalue weighted by Crippen LogP contribution is -2.41. The molecule has 0 radical (unpaired) electrons. The molecule has 0 amide bonds. The van der Waals surface area contributed by atoms with Crippen LogP contribution in [0.15, 0.2) is 46.1 Å². The number of nitrogens with zero attached hydrogens (tertiary/aromatic N) is 1. The van der Waals surface area contributed by atoms with Gasteiger partial charge in [0.05, 0.1) is 24.9 Å². The topological polar surface area (TPSA) is 158 Å². The summed E-state index contributed by atoms with van der Waals surface area (Å²) in [4.78, 5) is 37.7. The van der Waals surface area contributed by atoms with Crippen LogP contribution in [0.25, 0.3) is 0 Å². The van der Waals surface area contributed by atoms with Gasteiger partial charge in [-0.1, -0.05) is 18.2 Å². The molecule has 6 unspecified atom stereocenters. The van der Waals surface area contributed by atoms with Gasteiger partial charge in [0.15, 0.2) is 0 Å². The minimum Gasteiger partial charge on any atom is -0.462 e. The molecule has 1 aromatic heterocycles. The first-order valence-corrected chi connectivity index (χ1v) is 12.3. The smallest absolute Gasteiger partial charge is 0.459 e. The molecule has 1 aliphatic carbocycles. The van der Waals surface area contributed by atoms with E-state index in [0.29, 0.717) is 6.20 Å². The van der Waals surface area contributed by atoms with Crippen LogP contribution in [0.2, 0.25) is 0 Å². The van der Waals surface area contributed by atoms with E-state index >= 15 is 0 Å². The lowest BCUT2D eigenvalue weighted by Gasteiger charge is -2.26. The van der Waals surface area contributed by atoms with Crippen LogP contribution >= 0.6 is 7.75 Å². The van der Waals surface area contributed by atoms with Gasteiger partial charge in [0.1, 0.15) is 29.6 Å². The van der Waals surface area contributed by atoms with Crippen LogP contribution in [0.3, 0.4) is 0 Å². The van der Waals surface area contributed by atoms with E-state index in [0.717, 1.165) is 4.57 Å². The van der Waals surface area contributed by atoms with E-state index < -0.39 is 66.8 Å². The summed E-state index contributed by atoms with van der Waals surface area (Å²) in [7, 11) is -4.34. The Bertz CT molecular complexity index is 1270. The van der Waals surface area contributed by atoms with Crippen molar-refractivity contribution in [3.8, 4) is 5.75 Å². The Balaban J connectivity index is 1.58. The standard InChI is InChI=1S/C21H25FN3O9P/c1-11(2)32-19(27)12(3)24-35(30,33-13-7-5-4-6-8-13)34-17-16-21(17,29)15(10-31-16)25-9-14(22)18(26)23-20(25)28/h4-9,11-12,15-17,29H,10H2,1-3H3,(H,24,30)(H,23,26,28). The fourth-order valence-corrected chi connectivity index (χ4v) is 5.58. The van der Waals surface area contributed by atoms with Crippen LogP contribution in [-0.4, -0.2) is 57.2 Å². The molecular formula is C21H25FN3O9P. The molecule has 3 N–H and O–H groups in total. The molecule has 2 aliphatic rings. The minimum atomic E-state index is -4.34. The maximum Gasteiger partial charge on any atom is 0.459 e. The lowest BCUT2D eigenvalue weighted by atomic mass is 10.1. The van der Waals surface area contributed by atoms with Crippen molar-refractivity contribution >= 4 is 13.7 Å². The molecule has 12 nitrogen and oxygen atoms in total. The number of H-pyrrole nitrogens is 1. The number of carbonyl (C=O) groups is 1. The molecule has 4 rings (SSSR count). The number of aliphatic hydroxyl groups is 1. The average molecular weight is 513 g/mol. The van der Waals surface area contributed by atoms with Gasteiger partial charge in [0.2, 0.25) is 5.82 Å². The van der Waals surface area contributed by atoms with Crippen molar-refractivity contribution in [3.05, 3.63) is 63.2 Å². The number of nitrogens with one attached hydrogen (secondary N) is 2. The summed E-state index contributed by atoms with van der Waals surface area (Å²) in [6, 6.07) is 5.73. The van der Waals surface area contributed by atoms with Crippen molar-refractivity contribution in [3.63, 3.8) is 0 Å². The van der Waals surface area contributed by atoms with Gasteiger partial charge in [0, 0.05) is 0 Å². The number of halogens is 1. The number of aromatic amines is 1. The summed E-state index contributed by atoms with van der Waals surface area (Å²) in [5.74, 6) is -1.78. The maximum absolute atomic E-state index is 13.8. The molecule has 1 saturated heterocycles. The van der Waals surface area contributed by atoms with E-state index in [2.05, 4.69) is 5.09 Å². The molecule has 1 aliphatic heterocycles. The number of ether oxygens (including phenoxy) is 2. The van der Waals surface area contributed by atoms with Crippen molar-refractivity contribution in [2.45, 2.75) is 56.8 Å². The summed E-state index contributed by atoms with van der Waals surface area (Å²) in [5.41, 5.74) is -4.05. The Labute approximate surface area is 198 Å². The van der Waals surface area contributed by atoms with Gasteiger partial charge in [0.25, 0.3) is 5.56 Å². The summed E-state index contributed by atoms with van der Waals surface area (Å²) in [6.07, 6.45) is -2.05. The molecule has 0 bridgehead atoms. The van der Waals surface area contributed by atoms with E-state index in [9.17, 15) is 28.4 Å². The van der Waals surface area contributed by atoms with E-state index in [1.165, 1.54) is 19.1 Å². The summed E-state index contributed by atoms with van der Waals surface area (Å²) < 4.78 is 50.1. The number of benzene rings is 1. The Morgan fingerprint density at radius 2 is 2.00 bits per heavy atom. The van der Waals surface area contributed by atoms with Crippen LogP contribution in [0.5, 0.6) is 5.75 Å². The van der Waals surface area contributed by atoms with E-state index in [1.54, 1.807) is 32.0 Å². The molecule has 14 heteroatoms. The highest BCUT2D eigenvalue weighted by Gasteiger charge is 2.77. The molecule has 1 aromatic carbocycles. The van der Waals surface area contributed by atoms with Crippen LogP contribution in [-0.2, 0) is 23.4 Å². The Morgan fingerprint density at radius 1 is 1.31 bits per heavy atom. The second-order valence-electron chi connectivity index (χ2n) is 8.56. The lowest BCUT2D eigenvalue weighted by molar-refractivity contribution is -0.149. The number of carbonyl (C=O) groups excluding carboxylic acids is 1. The molecule has 1 saturated carbocycles. The van der Waals surface area contributed by atoms with E-state index in [1.807, 2.05) is 4.98 Å². The Kier molecular flexibility index (Phi) is 6.73. The van der Waals surface area contributed by atoms with Gasteiger partial charge in [-0.25, -0.2) is 9.36 Å². The SMILES string of the molecule is CC(C)OC(=O)C(C)NP(=O)(Oc1ccccc1)OC1C2OCC(n3cc(F)c(=O)[nH]c3=O)C21O. The zero-order valence-corrected chi connectivity index (χ0v) is 19.9. The van der Waals surface area contributed by atoms with Gasteiger partial charge in [-0.2, -0.15) is 9.48 Å². The quantitative estimate of drug-likeness (QED) is 0.324. The molecular weight excluding hydrogens is 488 g/mol. The van der Waals surface area contributed by atoms with Gasteiger partial charge in [-0.15, -0.1) is 0 Å². The Morgan fingerprint density at radius 3 is 2.66 bits per heavy atom. The third-order valence-electron chi connectivity index (χ3n) is 5.58. The second kappa shape index (κ2) is 9.32.